The van der Waals surface area contributed by atoms with E-state index in [0.29, 0.717) is 5.41 Å². The molecular formula is C17H25N. The largest absolute Gasteiger partial charge is 0.316 e. The van der Waals surface area contributed by atoms with Crippen molar-refractivity contribution in [3.05, 3.63) is 35.9 Å². The Hall–Kier alpha value is -0.820. The van der Waals surface area contributed by atoms with E-state index in [9.17, 15) is 0 Å². The van der Waals surface area contributed by atoms with Gasteiger partial charge in [-0.25, -0.2) is 0 Å². The lowest BCUT2D eigenvalue weighted by Crippen LogP contribution is -2.45. The van der Waals surface area contributed by atoms with E-state index >= 15 is 0 Å². The van der Waals surface area contributed by atoms with Crippen LogP contribution in [0.3, 0.4) is 0 Å². The zero-order valence-electron chi connectivity index (χ0n) is 11.5. The van der Waals surface area contributed by atoms with Crippen LogP contribution in [-0.2, 0) is 0 Å². The third-order valence-electron chi connectivity index (χ3n) is 5.12. The third-order valence-corrected chi connectivity index (χ3v) is 5.12. The van der Waals surface area contributed by atoms with E-state index in [1.54, 1.807) is 5.56 Å². The molecule has 0 spiro atoms. The maximum Gasteiger partial charge on any atom is 0.00256 e. The van der Waals surface area contributed by atoms with Crippen molar-refractivity contribution in [1.82, 2.24) is 5.32 Å². The van der Waals surface area contributed by atoms with Crippen LogP contribution in [0.4, 0.5) is 0 Å². The van der Waals surface area contributed by atoms with Gasteiger partial charge in [0.15, 0.2) is 0 Å². The summed E-state index contributed by atoms with van der Waals surface area (Å²) < 4.78 is 0. The monoisotopic (exact) mass is 243 g/mol. The fourth-order valence-corrected chi connectivity index (χ4v) is 4.20. The summed E-state index contributed by atoms with van der Waals surface area (Å²) in [7, 11) is 0. The van der Waals surface area contributed by atoms with Gasteiger partial charge in [0, 0.05) is 12.5 Å². The minimum atomic E-state index is 0.599. The second-order valence-corrected chi connectivity index (χ2v) is 6.17. The van der Waals surface area contributed by atoms with Crippen LogP contribution in [0.15, 0.2) is 30.3 Å². The van der Waals surface area contributed by atoms with Gasteiger partial charge in [0.1, 0.15) is 0 Å². The number of piperidine rings is 1. The number of nitrogens with one attached hydrogen (secondary N) is 1. The molecule has 2 aliphatic rings. The van der Waals surface area contributed by atoms with E-state index in [1.807, 2.05) is 0 Å². The molecule has 2 fully saturated rings. The summed E-state index contributed by atoms with van der Waals surface area (Å²) >= 11 is 0. The van der Waals surface area contributed by atoms with Crippen molar-refractivity contribution in [2.45, 2.75) is 44.9 Å². The third kappa shape index (κ3) is 2.09. The molecule has 1 saturated carbocycles. The summed E-state index contributed by atoms with van der Waals surface area (Å²) in [5.74, 6) is 1.74. The Morgan fingerprint density at radius 2 is 2.00 bits per heavy atom. The Balaban J connectivity index is 1.93. The Bertz CT molecular complexity index is 378. The highest BCUT2D eigenvalue weighted by atomic mass is 14.9. The van der Waals surface area contributed by atoms with E-state index in [1.165, 1.54) is 45.2 Å². The van der Waals surface area contributed by atoms with Crippen LogP contribution in [0, 0.1) is 11.3 Å². The maximum atomic E-state index is 3.63. The van der Waals surface area contributed by atoms with Gasteiger partial charge in [-0.3, -0.25) is 0 Å². The first-order valence-corrected chi connectivity index (χ1v) is 7.62. The van der Waals surface area contributed by atoms with Gasteiger partial charge in [0.2, 0.25) is 0 Å². The van der Waals surface area contributed by atoms with Crippen LogP contribution >= 0.6 is 0 Å². The Kier molecular flexibility index (Phi) is 3.43. The van der Waals surface area contributed by atoms with Crippen molar-refractivity contribution in [1.29, 1.82) is 0 Å². The molecule has 2 atom stereocenters. The van der Waals surface area contributed by atoms with Crippen LogP contribution < -0.4 is 5.32 Å². The Morgan fingerprint density at radius 3 is 2.67 bits per heavy atom. The van der Waals surface area contributed by atoms with E-state index in [-0.39, 0.29) is 0 Å². The lowest BCUT2D eigenvalue weighted by Gasteiger charge is -2.46. The summed E-state index contributed by atoms with van der Waals surface area (Å²) in [6, 6.07) is 11.2. The van der Waals surface area contributed by atoms with Crippen molar-refractivity contribution in [2.75, 3.05) is 13.1 Å². The molecule has 1 saturated heterocycles. The summed E-state index contributed by atoms with van der Waals surface area (Å²) in [4.78, 5) is 0. The highest BCUT2D eigenvalue weighted by molar-refractivity contribution is 5.25. The fourth-order valence-electron chi connectivity index (χ4n) is 4.20. The molecule has 0 radical (unpaired) electrons. The van der Waals surface area contributed by atoms with Gasteiger partial charge in [-0.05, 0) is 49.1 Å². The SMILES string of the molecule is CCCC1(C2CC2)CCNCC1c1ccccc1. The fraction of sp³-hybridized carbons (Fsp3) is 0.647. The minimum Gasteiger partial charge on any atom is -0.316 e. The molecule has 18 heavy (non-hydrogen) atoms. The normalized spacial score (nSPS) is 32.4. The molecule has 0 aromatic heterocycles. The lowest BCUT2D eigenvalue weighted by atomic mass is 9.62. The minimum absolute atomic E-state index is 0.599. The molecule has 3 rings (SSSR count). The molecule has 1 nitrogen and oxygen atoms in total. The zero-order valence-corrected chi connectivity index (χ0v) is 11.5. The molecule has 0 amide bonds. The van der Waals surface area contributed by atoms with Gasteiger partial charge >= 0.3 is 0 Å². The van der Waals surface area contributed by atoms with Crippen LogP contribution in [0.25, 0.3) is 0 Å². The summed E-state index contributed by atoms with van der Waals surface area (Å²) in [5.41, 5.74) is 2.16. The topological polar surface area (TPSA) is 12.0 Å². The van der Waals surface area contributed by atoms with Gasteiger partial charge in [0.05, 0.1) is 0 Å². The van der Waals surface area contributed by atoms with E-state index in [2.05, 4.69) is 42.6 Å². The molecular weight excluding hydrogens is 218 g/mol. The smallest absolute Gasteiger partial charge is 0.00256 e. The van der Waals surface area contributed by atoms with Crippen molar-refractivity contribution in [3.63, 3.8) is 0 Å². The van der Waals surface area contributed by atoms with Gasteiger partial charge < -0.3 is 5.32 Å². The number of hydrogen-bond acceptors (Lipinski definition) is 1. The first-order chi connectivity index (χ1) is 8.87. The molecule has 1 heteroatoms. The molecule has 1 aromatic carbocycles. The molecule has 1 N–H and O–H groups in total. The summed E-state index contributed by atoms with van der Waals surface area (Å²) in [5, 5.41) is 3.63. The molecule has 98 valence electrons. The zero-order chi connectivity index (χ0) is 12.4. The van der Waals surface area contributed by atoms with Crippen LogP contribution in [-0.4, -0.2) is 13.1 Å². The summed E-state index contributed by atoms with van der Waals surface area (Å²) in [6.45, 7) is 4.76. The predicted octanol–water partition coefficient (Wildman–Crippen LogP) is 3.96. The number of hydrogen-bond donors (Lipinski definition) is 1. The molecule has 1 aliphatic carbocycles. The van der Waals surface area contributed by atoms with Crippen molar-refractivity contribution in [3.8, 4) is 0 Å². The van der Waals surface area contributed by atoms with Crippen molar-refractivity contribution >= 4 is 0 Å². The highest BCUT2D eigenvalue weighted by Gasteiger charge is 2.50. The second kappa shape index (κ2) is 5.05. The molecule has 1 aromatic rings. The summed E-state index contributed by atoms with van der Waals surface area (Å²) in [6.07, 6.45) is 7.08. The first kappa shape index (κ1) is 12.2. The maximum absolute atomic E-state index is 3.63. The predicted molar refractivity (Wildman–Crippen MR) is 76.7 cm³/mol. The van der Waals surface area contributed by atoms with Crippen LogP contribution in [0.1, 0.15) is 50.5 Å². The van der Waals surface area contributed by atoms with Crippen LogP contribution in [0.2, 0.25) is 0 Å². The average Bonchev–Trinajstić information content (AvgIpc) is 3.25. The van der Waals surface area contributed by atoms with Crippen molar-refractivity contribution in [2.24, 2.45) is 11.3 Å². The van der Waals surface area contributed by atoms with Gasteiger partial charge in [0.25, 0.3) is 0 Å². The van der Waals surface area contributed by atoms with E-state index in [4.69, 9.17) is 0 Å². The Labute approximate surface area is 111 Å². The quantitative estimate of drug-likeness (QED) is 0.844. The van der Waals surface area contributed by atoms with E-state index < -0.39 is 0 Å². The van der Waals surface area contributed by atoms with Crippen molar-refractivity contribution < 1.29 is 0 Å². The van der Waals surface area contributed by atoms with Gasteiger partial charge in [-0.15, -0.1) is 0 Å². The molecule has 2 unspecified atom stereocenters. The van der Waals surface area contributed by atoms with Gasteiger partial charge in [-0.1, -0.05) is 43.7 Å². The van der Waals surface area contributed by atoms with Crippen LogP contribution in [0.5, 0.6) is 0 Å². The standard InChI is InChI=1S/C17H25N/c1-2-10-17(15-8-9-15)11-12-18-13-16(17)14-6-4-3-5-7-14/h3-7,15-16,18H,2,8-13H2,1H3. The number of benzene rings is 1. The first-order valence-electron chi connectivity index (χ1n) is 7.62. The number of rotatable bonds is 4. The average molecular weight is 243 g/mol. The lowest BCUT2D eigenvalue weighted by molar-refractivity contribution is 0.115. The second-order valence-electron chi connectivity index (χ2n) is 6.17. The molecule has 1 heterocycles. The molecule has 0 bridgehead atoms. The Morgan fingerprint density at radius 1 is 1.22 bits per heavy atom. The van der Waals surface area contributed by atoms with Gasteiger partial charge in [-0.2, -0.15) is 0 Å². The highest BCUT2D eigenvalue weighted by Crippen LogP contribution is 2.58. The van der Waals surface area contributed by atoms with E-state index in [0.717, 1.165) is 11.8 Å². The molecule has 1 aliphatic heterocycles.